The summed E-state index contributed by atoms with van der Waals surface area (Å²) in [4.78, 5) is 5.14. The van der Waals surface area contributed by atoms with Crippen molar-refractivity contribution in [1.82, 2.24) is 9.47 Å². The first-order chi connectivity index (χ1) is 14.7. The molecule has 1 aromatic heterocycles. The van der Waals surface area contributed by atoms with Crippen LogP contribution in [0.3, 0.4) is 0 Å². The lowest BCUT2D eigenvalue weighted by Gasteiger charge is -2.30. The first kappa shape index (κ1) is 18.9. The largest absolute Gasteiger partial charge is 0.497 e. The molecule has 2 heterocycles. The van der Waals surface area contributed by atoms with Gasteiger partial charge in [-0.05, 0) is 31.2 Å². The second-order valence-electron chi connectivity index (χ2n) is 7.24. The van der Waals surface area contributed by atoms with Crippen LogP contribution in [0.1, 0.15) is 6.92 Å². The number of aromatic nitrogens is 1. The topological polar surface area (TPSA) is 31.4 Å². The van der Waals surface area contributed by atoms with Crippen molar-refractivity contribution in [3.05, 3.63) is 72.1 Å². The van der Waals surface area contributed by atoms with E-state index < -0.39 is 0 Å². The van der Waals surface area contributed by atoms with Crippen LogP contribution < -0.4 is 14.0 Å². The molecule has 3 aromatic carbocycles. The summed E-state index contributed by atoms with van der Waals surface area (Å²) < 4.78 is 11.6. The third-order valence-corrected chi connectivity index (χ3v) is 6.85. The highest BCUT2D eigenvalue weighted by atomic mass is 32.1. The van der Waals surface area contributed by atoms with E-state index in [2.05, 4.69) is 60.8 Å². The number of benzene rings is 3. The summed E-state index contributed by atoms with van der Waals surface area (Å²) in [5.41, 5.74) is 7.02. The number of nitrogens with zero attached hydrogens (tertiary/aromatic N) is 2. The van der Waals surface area contributed by atoms with Crippen molar-refractivity contribution in [2.75, 3.05) is 20.8 Å². The van der Waals surface area contributed by atoms with Gasteiger partial charge in [0.15, 0.2) is 11.4 Å². The third kappa shape index (κ3) is 2.59. The van der Waals surface area contributed by atoms with E-state index >= 15 is 0 Å². The van der Waals surface area contributed by atoms with Gasteiger partial charge >= 0.3 is 0 Å². The monoisotopic (exact) mass is 415 g/mol. The Balaban J connectivity index is 1.70. The third-order valence-electron chi connectivity index (χ3n) is 5.90. The molecule has 4 nitrogen and oxygen atoms in total. The molecule has 0 bridgehead atoms. The Hall–Kier alpha value is -3.15. The SMILES string of the molecule is CC[N+]1(c2nc(-c3ccc(OC)cc3OC)cs2)c2ccccc2-c2ccccc21. The van der Waals surface area contributed by atoms with Gasteiger partial charge in [-0.25, -0.2) is 4.48 Å². The van der Waals surface area contributed by atoms with Gasteiger partial charge in [0.1, 0.15) is 11.5 Å². The van der Waals surface area contributed by atoms with Crippen molar-refractivity contribution in [2.45, 2.75) is 6.92 Å². The van der Waals surface area contributed by atoms with E-state index in [4.69, 9.17) is 14.5 Å². The number of quaternary nitrogens is 1. The predicted octanol–water partition coefficient (Wildman–Crippen LogP) is 6.80. The molecule has 5 rings (SSSR count). The Bertz CT molecular complexity index is 1190. The zero-order valence-corrected chi connectivity index (χ0v) is 18.1. The number of ether oxygens (including phenoxy) is 2. The van der Waals surface area contributed by atoms with Crippen LogP contribution in [0, 0.1) is 0 Å². The maximum Gasteiger partial charge on any atom is 0.297 e. The average molecular weight is 416 g/mol. The zero-order valence-electron chi connectivity index (χ0n) is 17.3. The first-order valence-electron chi connectivity index (χ1n) is 9.99. The first-order valence-corrected chi connectivity index (χ1v) is 10.9. The van der Waals surface area contributed by atoms with Gasteiger partial charge in [0.2, 0.25) is 0 Å². The van der Waals surface area contributed by atoms with E-state index in [0.29, 0.717) is 4.48 Å². The van der Waals surface area contributed by atoms with Crippen LogP contribution in [-0.2, 0) is 0 Å². The highest BCUT2D eigenvalue weighted by molar-refractivity contribution is 7.14. The summed E-state index contributed by atoms with van der Waals surface area (Å²) in [7, 11) is 3.34. The smallest absolute Gasteiger partial charge is 0.297 e. The molecule has 5 heteroatoms. The lowest BCUT2D eigenvalue weighted by Crippen LogP contribution is -2.36. The summed E-state index contributed by atoms with van der Waals surface area (Å²) in [5, 5.41) is 3.18. The molecule has 150 valence electrons. The summed E-state index contributed by atoms with van der Waals surface area (Å²) >= 11 is 1.70. The van der Waals surface area contributed by atoms with Crippen LogP contribution in [-0.4, -0.2) is 25.7 Å². The van der Waals surface area contributed by atoms with Crippen molar-refractivity contribution in [2.24, 2.45) is 0 Å². The van der Waals surface area contributed by atoms with Crippen LogP contribution >= 0.6 is 11.3 Å². The number of hydrogen-bond acceptors (Lipinski definition) is 4. The van der Waals surface area contributed by atoms with Gasteiger partial charge in [-0.1, -0.05) is 35.6 Å². The predicted molar refractivity (Wildman–Crippen MR) is 124 cm³/mol. The Morgan fingerprint density at radius 1 is 0.833 bits per heavy atom. The van der Waals surface area contributed by atoms with Crippen molar-refractivity contribution in [3.8, 4) is 33.9 Å². The highest BCUT2D eigenvalue weighted by Crippen LogP contribution is 2.58. The minimum atomic E-state index is 0.634. The van der Waals surface area contributed by atoms with Gasteiger partial charge in [-0.15, -0.1) is 0 Å². The average Bonchev–Trinajstić information content (AvgIpc) is 3.40. The van der Waals surface area contributed by atoms with E-state index in [1.54, 1.807) is 25.6 Å². The fourth-order valence-electron chi connectivity index (χ4n) is 4.45. The molecule has 1 aliphatic heterocycles. The van der Waals surface area contributed by atoms with Crippen molar-refractivity contribution < 1.29 is 9.47 Å². The van der Waals surface area contributed by atoms with Gasteiger partial charge in [-0.2, -0.15) is 4.98 Å². The standard InChI is InChI=1S/C25H23N2O2S/c1-4-27(22-11-7-5-9-18(22)19-10-6-8-12-23(19)27)25-26-21(16-30-25)20-14-13-17(28-2)15-24(20)29-3/h5-16H,4H2,1-3H3/q+1. The van der Waals surface area contributed by atoms with Crippen LogP contribution in [0.4, 0.5) is 16.5 Å². The lowest BCUT2D eigenvalue weighted by molar-refractivity contribution is 0.395. The zero-order chi connectivity index (χ0) is 20.7. The number of para-hydroxylation sites is 2. The summed E-state index contributed by atoms with van der Waals surface area (Å²) in [6.07, 6.45) is 0. The maximum atomic E-state index is 5.62. The summed E-state index contributed by atoms with van der Waals surface area (Å²) in [6, 6.07) is 23.2. The van der Waals surface area contributed by atoms with Crippen molar-refractivity contribution >= 4 is 27.8 Å². The Morgan fingerprint density at radius 3 is 2.10 bits per heavy atom. The number of thiazole rings is 1. The van der Waals surface area contributed by atoms with Crippen LogP contribution in [0.25, 0.3) is 22.4 Å². The normalized spacial score (nSPS) is 13.6. The molecule has 30 heavy (non-hydrogen) atoms. The van der Waals surface area contributed by atoms with Gasteiger partial charge in [0.05, 0.1) is 26.5 Å². The Kier molecular flexibility index (Phi) is 4.57. The minimum absolute atomic E-state index is 0.634. The molecule has 0 saturated carbocycles. The molecule has 4 aromatic rings. The molecule has 0 fully saturated rings. The second kappa shape index (κ2) is 7.27. The van der Waals surface area contributed by atoms with E-state index in [-0.39, 0.29) is 0 Å². The molecule has 0 amide bonds. The minimum Gasteiger partial charge on any atom is -0.497 e. The molecule has 0 N–H and O–H groups in total. The van der Waals surface area contributed by atoms with Gasteiger partial charge in [0.25, 0.3) is 5.13 Å². The molecule has 0 aliphatic carbocycles. The Morgan fingerprint density at radius 2 is 1.50 bits per heavy atom. The summed E-state index contributed by atoms with van der Waals surface area (Å²) in [6.45, 7) is 3.12. The molecule has 0 unspecified atom stereocenters. The van der Waals surface area contributed by atoms with Gasteiger partial charge < -0.3 is 9.47 Å². The van der Waals surface area contributed by atoms with Crippen LogP contribution in [0.5, 0.6) is 11.5 Å². The van der Waals surface area contributed by atoms with Crippen molar-refractivity contribution in [3.63, 3.8) is 0 Å². The molecule has 0 saturated heterocycles. The molecular formula is C25H23N2O2S+. The molecule has 0 radical (unpaired) electrons. The molecule has 0 spiro atoms. The van der Waals surface area contributed by atoms with Crippen LogP contribution in [0.15, 0.2) is 72.1 Å². The Labute approximate surface area is 180 Å². The van der Waals surface area contributed by atoms with Gasteiger partial charge in [-0.3, -0.25) is 0 Å². The number of rotatable bonds is 5. The quantitative estimate of drug-likeness (QED) is 0.336. The molecule has 1 aliphatic rings. The summed E-state index contributed by atoms with van der Waals surface area (Å²) in [5.74, 6) is 1.53. The number of fused-ring (bicyclic) bond motifs is 3. The van der Waals surface area contributed by atoms with E-state index in [1.807, 2.05) is 18.2 Å². The second-order valence-corrected chi connectivity index (χ2v) is 8.08. The van der Waals surface area contributed by atoms with Crippen molar-refractivity contribution in [1.29, 1.82) is 0 Å². The van der Waals surface area contributed by atoms with Gasteiger partial charge in [0, 0.05) is 40.3 Å². The van der Waals surface area contributed by atoms with Crippen LogP contribution in [0.2, 0.25) is 0 Å². The molecular weight excluding hydrogens is 392 g/mol. The fourth-order valence-corrected chi connectivity index (χ4v) is 5.51. The molecule has 0 atom stereocenters. The maximum absolute atomic E-state index is 5.62. The number of hydrogen-bond donors (Lipinski definition) is 0. The van der Waals surface area contributed by atoms with E-state index in [9.17, 15) is 0 Å². The highest BCUT2D eigenvalue weighted by Gasteiger charge is 2.46. The fraction of sp³-hybridized carbons (Fsp3) is 0.160. The number of methoxy groups -OCH3 is 2. The van der Waals surface area contributed by atoms with E-state index in [1.165, 1.54) is 22.5 Å². The lowest BCUT2D eigenvalue weighted by atomic mass is 10.1. The van der Waals surface area contributed by atoms with E-state index in [0.717, 1.165) is 34.4 Å².